The largest absolute Gasteiger partial charge is 0.438 e. The predicted octanol–water partition coefficient (Wildman–Crippen LogP) is 5.06. The van der Waals surface area contributed by atoms with E-state index in [4.69, 9.17) is 4.74 Å². The van der Waals surface area contributed by atoms with E-state index in [1.807, 2.05) is 26.8 Å². The fourth-order valence-electron chi connectivity index (χ4n) is 4.23. The molecule has 0 fully saturated rings. The van der Waals surface area contributed by atoms with Crippen LogP contribution in [0.3, 0.4) is 0 Å². The smallest absolute Gasteiger partial charge is 0.261 e. The summed E-state index contributed by atoms with van der Waals surface area (Å²) in [5.41, 5.74) is 5.91. The fourth-order valence-corrected chi connectivity index (χ4v) is 5.34. The maximum atomic E-state index is 12.9. The minimum atomic E-state index is -3.68. The van der Waals surface area contributed by atoms with E-state index in [-0.39, 0.29) is 4.90 Å². The second-order valence-corrected chi connectivity index (χ2v) is 10.5. The highest BCUT2D eigenvalue weighted by Gasteiger charge is 2.18. The van der Waals surface area contributed by atoms with Crippen molar-refractivity contribution in [3.63, 3.8) is 0 Å². The van der Waals surface area contributed by atoms with Crippen molar-refractivity contribution >= 4 is 15.7 Å². The molecule has 0 aliphatic heterocycles. The molecule has 2 heterocycles. The second-order valence-electron chi connectivity index (χ2n) is 8.81. The van der Waals surface area contributed by atoms with Gasteiger partial charge in [0.1, 0.15) is 5.75 Å². The summed E-state index contributed by atoms with van der Waals surface area (Å²) in [6.07, 6.45) is 4.20. The Balaban J connectivity index is 1.26. The van der Waals surface area contributed by atoms with Gasteiger partial charge in [-0.05, 0) is 106 Å². The predicted molar refractivity (Wildman–Crippen MR) is 134 cm³/mol. The van der Waals surface area contributed by atoms with Crippen molar-refractivity contribution in [1.82, 2.24) is 20.0 Å². The molecule has 9 heteroatoms. The average Bonchev–Trinajstić information content (AvgIpc) is 3.12. The third-order valence-electron chi connectivity index (χ3n) is 6.46. The van der Waals surface area contributed by atoms with E-state index in [2.05, 4.69) is 20.0 Å². The van der Waals surface area contributed by atoms with Crippen LogP contribution in [-0.4, -0.2) is 28.4 Å². The number of nitrogens with zero attached hydrogens (tertiary/aromatic N) is 4. The highest BCUT2D eigenvalue weighted by atomic mass is 32.2. The molecule has 0 saturated heterocycles. The van der Waals surface area contributed by atoms with E-state index in [1.165, 1.54) is 5.56 Å². The van der Waals surface area contributed by atoms with Crippen LogP contribution in [0, 0.1) is 20.8 Å². The van der Waals surface area contributed by atoms with E-state index in [9.17, 15) is 8.42 Å². The summed E-state index contributed by atoms with van der Waals surface area (Å²) in [6, 6.07) is 15.6. The summed E-state index contributed by atoms with van der Waals surface area (Å²) in [7, 11) is -3.68. The number of aromatic nitrogens is 4. The van der Waals surface area contributed by atoms with Crippen molar-refractivity contribution < 1.29 is 13.2 Å². The van der Waals surface area contributed by atoms with Crippen LogP contribution in [-0.2, 0) is 22.9 Å². The maximum Gasteiger partial charge on any atom is 0.261 e. The van der Waals surface area contributed by atoms with Crippen LogP contribution < -0.4 is 9.46 Å². The van der Waals surface area contributed by atoms with Gasteiger partial charge in [-0.25, -0.2) is 13.1 Å². The Bertz CT molecular complexity index is 1480. The molecule has 2 aromatic carbocycles. The SMILES string of the molecule is Cc1nn(-c2ccc(Oc3ccc(NS(=O)(=O)c4ccc5c(c4)CCCC5)cc3)nn2)c(C)c1C. The Morgan fingerprint density at radius 3 is 2.29 bits per heavy atom. The van der Waals surface area contributed by atoms with E-state index >= 15 is 0 Å². The average molecular weight is 490 g/mol. The molecule has 2 aromatic heterocycles. The third-order valence-corrected chi connectivity index (χ3v) is 7.83. The first-order valence-corrected chi connectivity index (χ1v) is 13.1. The number of sulfonamides is 1. The number of hydrogen-bond donors (Lipinski definition) is 1. The zero-order valence-corrected chi connectivity index (χ0v) is 20.8. The lowest BCUT2D eigenvalue weighted by Gasteiger charge is -2.17. The Labute approximate surface area is 205 Å². The molecule has 0 spiro atoms. The van der Waals surface area contributed by atoms with Crippen LogP contribution in [0.4, 0.5) is 5.69 Å². The van der Waals surface area contributed by atoms with Crippen molar-refractivity contribution in [2.24, 2.45) is 0 Å². The topological polar surface area (TPSA) is 99.0 Å². The number of aryl methyl sites for hydroxylation is 3. The summed E-state index contributed by atoms with van der Waals surface area (Å²) < 4.78 is 36.0. The van der Waals surface area contributed by atoms with E-state index in [1.54, 1.807) is 53.2 Å². The second kappa shape index (κ2) is 9.14. The number of hydrogen-bond acceptors (Lipinski definition) is 6. The summed E-state index contributed by atoms with van der Waals surface area (Å²) in [5.74, 6) is 1.46. The van der Waals surface area contributed by atoms with Gasteiger partial charge in [0, 0.05) is 17.4 Å². The standard InChI is InChI=1S/C26H27N5O3S/c1-17-18(2)29-31(19(17)3)25-14-15-26(28-27-25)34-23-11-9-22(10-12-23)30-35(32,33)24-13-8-20-6-4-5-7-21(20)16-24/h8-16,30H,4-7H2,1-3H3. The van der Waals surface area contributed by atoms with Gasteiger partial charge in [-0.1, -0.05) is 6.07 Å². The Morgan fingerprint density at radius 2 is 1.63 bits per heavy atom. The van der Waals surface area contributed by atoms with Gasteiger partial charge in [0.15, 0.2) is 5.82 Å². The van der Waals surface area contributed by atoms with Gasteiger partial charge in [-0.2, -0.15) is 5.10 Å². The number of nitrogens with one attached hydrogen (secondary N) is 1. The van der Waals surface area contributed by atoms with Crippen LogP contribution in [0.2, 0.25) is 0 Å². The molecule has 8 nitrogen and oxygen atoms in total. The lowest BCUT2D eigenvalue weighted by atomic mass is 9.92. The minimum Gasteiger partial charge on any atom is -0.438 e. The first-order valence-electron chi connectivity index (χ1n) is 11.6. The molecular weight excluding hydrogens is 462 g/mol. The molecule has 0 atom stereocenters. The lowest BCUT2D eigenvalue weighted by Crippen LogP contribution is -2.14. The van der Waals surface area contributed by atoms with Crippen LogP contribution in [0.15, 0.2) is 59.5 Å². The monoisotopic (exact) mass is 489 g/mol. The van der Waals surface area contributed by atoms with Gasteiger partial charge in [0.2, 0.25) is 5.88 Å². The van der Waals surface area contributed by atoms with Crippen LogP contribution in [0.25, 0.3) is 5.82 Å². The first kappa shape index (κ1) is 23.0. The van der Waals surface area contributed by atoms with Crippen molar-refractivity contribution in [3.8, 4) is 17.4 Å². The number of fused-ring (bicyclic) bond motifs is 1. The fraction of sp³-hybridized carbons (Fsp3) is 0.269. The van der Waals surface area contributed by atoms with Gasteiger partial charge >= 0.3 is 0 Å². The normalized spacial score (nSPS) is 13.3. The molecule has 0 unspecified atom stereocenters. The highest BCUT2D eigenvalue weighted by molar-refractivity contribution is 7.92. The zero-order chi connectivity index (χ0) is 24.6. The molecule has 4 aromatic rings. The van der Waals surface area contributed by atoms with Crippen molar-refractivity contribution in [3.05, 3.63) is 82.7 Å². The molecule has 35 heavy (non-hydrogen) atoms. The molecule has 0 amide bonds. The third kappa shape index (κ3) is 4.77. The first-order chi connectivity index (χ1) is 16.8. The summed E-state index contributed by atoms with van der Waals surface area (Å²) in [4.78, 5) is 0.284. The van der Waals surface area contributed by atoms with E-state index in [0.717, 1.165) is 48.2 Å². The highest BCUT2D eigenvalue weighted by Crippen LogP contribution is 2.27. The molecule has 1 aliphatic rings. The van der Waals surface area contributed by atoms with Gasteiger partial charge < -0.3 is 4.74 Å². The lowest BCUT2D eigenvalue weighted by molar-refractivity contribution is 0.454. The Hall–Kier alpha value is -3.72. The molecule has 1 aliphatic carbocycles. The molecule has 180 valence electrons. The summed E-state index contributed by atoms with van der Waals surface area (Å²) in [6.45, 7) is 5.97. The zero-order valence-electron chi connectivity index (χ0n) is 19.9. The molecule has 5 rings (SSSR count). The minimum absolute atomic E-state index is 0.284. The van der Waals surface area contributed by atoms with Crippen molar-refractivity contribution in [1.29, 1.82) is 0 Å². The van der Waals surface area contributed by atoms with Crippen molar-refractivity contribution in [2.45, 2.75) is 51.3 Å². The van der Waals surface area contributed by atoms with Gasteiger partial charge in [-0.3, -0.25) is 4.72 Å². The summed E-state index contributed by atoms with van der Waals surface area (Å²) in [5, 5.41) is 12.9. The van der Waals surface area contributed by atoms with Gasteiger partial charge in [0.05, 0.1) is 10.6 Å². The molecule has 0 saturated carbocycles. The number of rotatable bonds is 6. The molecular formula is C26H27N5O3S. The number of anilines is 1. The summed E-state index contributed by atoms with van der Waals surface area (Å²) >= 11 is 0. The van der Waals surface area contributed by atoms with E-state index in [0.29, 0.717) is 23.1 Å². The maximum absolute atomic E-state index is 12.9. The number of benzene rings is 2. The molecule has 0 radical (unpaired) electrons. The molecule has 1 N–H and O–H groups in total. The van der Waals surface area contributed by atoms with Gasteiger partial charge in [0.25, 0.3) is 10.0 Å². The Morgan fingerprint density at radius 1 is 0.886 bits per heavy atom. The molecule has 0 bridgehead atoms. The quantitative estimate of drug-likeness (QED) is 0.406. The van der Waals surface area contributed by atoms with E-state index < -0.39 is 10.0 Å². The number of ether oxygens (including phenoxy) is 1. The van der Waals surface area contributed by atoms with Crippen LogP contribution in [0.5, 0.6) is 11.6 Å². The van der Waals surface area contributed by atoms with Gasteiger partial charge in [-0.15, -0.1) is 10.2 Å². The van der Waals surface area contributed by atoms with Crippen molar-refractivity contribution in [2.75, 3.05) is 4.72 Å². The van der Waals surface area contributed by atoms with Crippen LogP contribution in [0.1, 0.15) is 40.9 Å². The van der Waals surface area contributed by atoms with Crippen LogP contribution >= 0.6 is 0 Å². The Kier molecular flexibility index (Phi) is 6.02.